The largest absolute Gasteiger partial charge is 0.294 e. The lowest BCUT2D eigenvalue weighted by atomic mass is 10.0. The van der Waals surface area contributed by atoms with Gasteiger partial charge in [-0.15, -0.1) is 23.2 Å². The summed E-state index contributed by atoms with van der Waals surface area (Å²) >= 11 is 12.4. The second-order valence-corrected chi connectivity index (χ2v) is 5.75. The Balaban J connectivity index is 2.14. The number of carbonyl (C=O) groups excluding carboxylic acids is 1. The Kier molecular flexibility index (Phi) is 1.93. The molecule has 15 heavy (non-hydrogen) atoms. The van der Waals surface area contributed by atoms with Gasteiger partial charge in [0.15, 0.2) is 5.78 Å². The highest BCUT2D eigenvalue weighted by atomic mass is 35.5. The maximum atomic E-state index is 11.8. The first kappa shape index (κ1) is 9.68. The lowest BCUT2D eigenvalue weighted by Crippen LogP contribution is -2.05. The molecule has 1 aromatic carbocycles. The molecule has 1 fully saturated rings. The summed E-state index contributed by atoms with van der Waals surface area (Å²) in [5.41, 5.74) is 1.85. The van der Waals surface area contributed by atoms with Gasteiger partial charge in [-0.2, -0.15) is 0 Å². The highest BCUT2D eigenvalue weighted by molar-refractivity contribution is 6.52. The molecule has 1 saturated carbocycles. The van der Waals surface area contributed by atoms with E-state index >= 15 is 0 Å². The molecule has 0 N–H and O–H groups in total. The van der Waals surface area contributed by atoms with Gasteiger partial charge < -0.3 is 0 Å². The molecule has 0 saturated heterocycles. The third-order valence-electron chi connectivity index (χ3n) is 3.48. The minimum absolute atomic E-state index is 0.156. The topological polar surface area (TPSA) is 17.1 Å². The van der Waals surface area contributed by atoms with E-state index in [1.807, 2.05) is 24.3 Å². The van der Waals surface area contributed by atoms with Crippen molar-refractivity contribution in [2.75, 3.05) is 0 Å². The molecule has 2 aliphatic carbocycles. The zero-order valence-corrected chi connectivity index (χ0v) is 9.55. The Hall–Kier alpha value is -0.530. The van der Waals surface area contributed by atoms with Crippen molar-refractivity contribution in [3.05, 3.63) is 35.4 Å². The Morgan fingerprint density at radius 1 is 1.27 bits per heavy atom. The first-order valence-corrected chi connectivity index (χ1v) is 5.88. The summed E-state index contributed by atoms with van der Waals surface area (Å²) in [4.78, 5) is 11.8. The molecule has 1 aromatic rings. The molecule has 0 amide bonds. The molecule has 0 aliphatic heterocycles. The van der Waals surface area contributed by atoms with Crippen LogP contribution in [0.25, 0.3) is 0 Å². The number of carbonyl (C=O) groups is 1. The van der Waals surface area contributed by atoms with E-state index in [9.17, 15) is 4.79 Å². The van der Waals surface area contributed by atoms with Crippen molar-refractivity contribution >= 4 is 29.0 Å². The number of benzene rings is 1. The van der Waals surface area contributed by atoms with Crippen LogP contribution in [-0.2, 0) is 0 Å². The molecule has 0 radical (unpaired) electrons. The highest BCUT2D eigenvalue weighted by Gasteiger charge is 2.64. The molecule has 0 aromatic heterocycles. The van der Waals surface area contributed by atoms with Crippen molar-refractivity contribution in [2.24, 2.45) is 5.92 Å². The summed E-state index contributed by atoms with van der Waals surface area (Å²) in [5.74, 6) is 0.638. The van der Waals surface area contributed by atoms with Gasteiger partial charge in [-0.25, -0.2) is 0 Å². The van der Waals surface area contributed by atoms with Crippen molar-refractivity contribution in [1.82, 2.24) is 0 Å². The Bertz CT molecular complexity index is 439. The van der Waals surface area contributed by atoms with E-state index in [0.717, 1.165) is 17.5 Å². The average Bonchev–Trinajstić information content (AvgIpc) is 2.81. The van der Waals surface area contributed by atoms with Crippen molar-refractivity contribution in [2.45, 2.75) is 23.1 Å². The van der Waals surface area contributed by atoms with E-state index in [4.69, 9.17) is 23.2 Å². The van der Waals surface area contributed by atoms with Crippen LogP contribution >= 0.6 is 23.2 Å². The van der Waals surface area contributed by atoms with E-state index < -0.39 is 4.33 Å². The van der Waals surface area contributed by atoms with Gasteiger partial charge in [-0.1, -0.05) is 24.3 Å². The molecule has 2 aliphatic rings. The second-order valence-electron chi connectivity index (χ2n) is 4.31. The molecule has 1 nitrogen and oxygen atoms in total. The number of alkyl halides is 2. The lowest BCUT2D eigenvalue weighted by molar-refractivity contribution is 0.0979. The summed E-state index contributed by atoms with van der Waals surface area (Å²) in [6.45, 7) is 0. The van der Waals surface area contributed by atoms with Crippen molar-refractivity contribution in [3.8, 4) is 0 Å². The maximum Gasteiger partial charge on any atom is 0.163 e. The predicted molar refractivity (Wildman–Crippen MR) is 60.7 cm³/mol. The van der Waals surface area contributed by atoms with Crippen molar-refractivity contribution in [1.29, 1.82) is 0 Å². The van der Waals surface area contributed by atoms with E-state index in [1.165, 1.54) is 0 Å². The average molecular weight is 241 g/mol. The Morgan fingerprint density at radius 3 is 2.80 bits per heavy atom. The molecule has 78 valence electrons. The van der Waals surface area contributed by atoms with E-state index in [1.54, 1.807) is 0 Å². The van der Waals surface area contributed by atoms with E-state index in [-0.39, 0.29) is 17.6 Å². The van der Waals surface area contributed by atoms with Gasteiger partial charge in [-0.05, 0) is 12.0 Å². The molecule has 0 heterocycles. The summed E-state index contributed by atoms with van der Waals surface area (Å²) in [6.07, 6.45) is 1.38. The van der Waals surface area contributed by atoms with Crippen LogP contribution < -0.4 is 0 Å². The van der Waals surface area contributed by atoms with Crippen molar-refractivity contribution in [3.63, 3.8) is 0 Å². The summed E-state index contributed by atoms with van der Waals surface area (Å²) < 4.78 is -0.642. The van der Waals surface area contributed by atoms with Gasteiger partial charge in [0.1, 0.15) is 4.33 Å². The summed E-state index contributed by atoms with van der Waals surface area (Å²) in [6, 6.07) is 7.69. The van der Waals surface area contributed by atoms with Gasteiger partial charge in [0, 0.05) is 23.8 Å². The Labute approximate surface area is 98.4 Å². The quantitative estimate of drug-likeness (QED) is 0.635. The minimum Gasteiger partial charge on any atom is -0.294 e. The third-order valence-corrected chi connectivity index (χ3v) is 4.51. The fourth-order valence-electron chi connectivity index (χ4n) is 2.62. The molecular weight excluding hydrogens is 231 g/mol. The van der Waals surface area contributed by atoms with Crippen LogP contribution in [0, 0.1) is 5.92 Å². The molecule has 0 spiro atoms. The fraction of sp³-hybridized carbons (Fsp3) is 0.417. The van der Waals surface area contributed by atoms with Gasteiger partial charge in [-0.3, -0.25) is 4.79 Å². The van der Waals surface area contributed by atoms with Crippen LogP contribution in [0.15, 0.2) is 24.3 Å². The van der Waals surface area contributed by atoms with Gasteiger partial charge in [0.25, 0.3) is 0 Å². The zero-order chi connectivity index (χ0) is 10.6. The second kappa shape index (κ2) is 2.99. The summed E-state index contributed by atoms with van der Waals surface area (Å²) in [5, 5.41) is 0. The maximum absolute atomic E-state index is 11.8. The molecular formula is C12H10Cl2O. The number of hydrogen-bond acceptors (Lipinski definition) is 1. The number of hydrogen-bond donors (Lipinski definition) is 0. The number of rotatable bonds is 0. The fourth-order valence-corrected chi connectivity index (χ4v) is 3.50. The SMILES string of the molecule is O=C1CCC2C(c3ccccc31)C2(Cl)Cl. The smallest absolute Gasteiger partial charge is 0.163 e. The van der Waals surface area contributed by atoms with E-state index in [2.05, 4.69) is 0 Å². The lowest BCUT2D eigenvalue weighted by Gasteiger charge is -2.07. The number of Topliss-reactive ketones (excluding diaryl/α,β-unsaturated/α-hetero) is 1. The van der Waals surface area contributed by atoms with Gasteiger partial charge in [0.2, 0.25) is 0 Å². The van der Waals surface area contributed by atoms with Gasteiger partial charge >= 0.3 is 0 Å². The first-order chi connectivity index (χ1) is 7.12. The monoisotopic (exact) mass is 240 g/mol. The van der Waals surface area contributed by atoms with Crippen LogP contribution in [0.1, 0.15) is 34.7 Å². The van der Waals surface area contributed by atoms with Crippen LogP contribution in [0.4, 0.5) is 0 Å². The van der Waals surface area contributed by atoms with Gasteiger partial charge in [0.05, 0.1) is 0 Å². The zero-order valence-electron chi connectivity index (χ0n) is 8.04. The molecule has 3 rings (SSSR count). The first-order valence-electron chi connectivity index (χ1n) is 5.12. The number of halogens is 2. The number of fused-ring (bicyclic) bond motifs is 3. The van der Waals surface area contributed by atoms with Crippen LogP contribution in [0.3, 0.4) is 0 Å². The Morgan fingerprint density at radius 2 is 2.00 bits per heavy atom. The molecule has 2 unspecified atom stereocenters. The normalized spacial score (nSPS) is 31.5. The predicted octanol–water partition coefficient (Wildman–Crippen LogP) is 3.55. The summed E-state index contributed by atoms with van der Waals surface area (Å²) in [7, 11) is 0. The van der Waals surface area contributed by atoms with Crippen LogP contribution in [0.2, 0.25) is 0 Å². The van der Waals surface area contributed by atoms with Crippen LogP contribution in [-0.4, -0.2) is 10.1 Å². The molecule has 0 bridgehead atoms. The highest BCUT2D eigenvalue weighted by Crippen LogP contribution is 2.68. The number of ketones is 1. The minimum atomic E-state index is -0.642. The molecule has 3 heteroatoms. The standard InChI is InChI=1S/C12H10Cl2O/c13-12(14)9-5-6-10(15)7-3-1-2-4-8(7)11(9)12/h1-4,9,11H,5-6H2. The van der Waals surface area contributed by atoms with Crippen molar-refractivity contribution < 1.29 is 4.79 Å². The van der Waals surface area contributed by atoms with Crippen LogP contribution in [0.5, 0.6) is 0 Å². The van der Waals surface area contributed by atoms with E-state index in [0.29, 0.717) is 6.42 Å². The third kappa shape index (κ3) is 1.26. The molecule has 2 atom stereocenters.